The first-order valence-electron chi connectivity index (χ1n) is 6.98. The number of hydrogen-bond acceptors (Lipinski definition) is 4. The highest BCUT2D eigenvalue weighted by Gasteiger charge is 2.09. The number of benzene rings is 3. The van der Waals surface area contributed by atoms with Gasteiger partial charge in [-0.1, -0.05) is 36.4 Å². The van der Waals surface area contributed by atoms with Gasteiger partial charge in [-0.15, -0.1) is 0 Å². The zero-order chi connectivity index (χ0) is 17.4. The lowest BCUT2D eigenvalue weighted by Gasteiger charge is -2.08. The minimum Gasteiger partial charge on any atom is -0.322 e. The van der Waals surface area contributed by atoms with E-state index in [1.54, 1.807) is 30.3 Å². The average Bonchev–Trinajstić information content (AvgIpc) is 2.62. The van der Waals surface area contributed by atoms with Gasteiger partial charge in [-0.3, -0.25) is 4.79 Å². The maximum Gasteiger partial charge on any atom is 0.373 e. The van der Waals surface area contributed by atoms with Gasteiger partial charge in [0.1, 0.15) is 0 Å². The average molecular weight is 316 g/mol. The van der Waals surface area contributed by atoms with Crippen molar-refractivity contribution in [2.24, 2.45) is 0 Å². The van der Waals surface area contributed by atoms with Crippen molar-refractivity contribution in [1.29, 1.82) is 5.26 Å². The Morgan fingerprint density at radius 3 is 2.17 bits per heavy atom. The van der Waals surface area contributed by atoms with Crippen LogP contribution in [0.25, 0.3) is 10.8 Å². The van der Waals surface area contributed by atoms with Crippen molar-refractivity contribution in [2.75, 3.05) is 5.32 Å². The van der Waals surface area contributed by atoms with Crippen molar-refractivity contribution >= 4 is 28.5 Å². The van der Waals surface area contributed by atoms with Crippen molar-refractivity contribution in [3.63, 3.8) is 0 Å². The van der Waals surface area contributed by atoms with E-state index in [9.17, 15) is 4.79 Å². The first-order valence-corrected chi connectivity index (χ1v) is 6.98. The number of amides is 1. The lowest BCUT2D eigenvalue weighted by Crippen LogP contribution is -2.12. The Hall–Kier alpha value is -3.74. The number of hydrogen-bond donors (Lipinski definition) is 1. The number of rotatable bonds is 2. The summed E-state index contributed by atoms with van der Waals surface area (Å²) >= 11 is 0. The van der Waals surface area contributed by atoms with Crippen LogP contribution in [-0.4, -0.2) is 12.1 Å². The summed E-state index contributed by atoms with van der Waals surface area (Å²) in [6.07, 6.45) is 0.250. The second kappa shape index (κ2) is 8.04. The molecular weight excluding hydrogens is 304 g/mol. The topological polar surface area (TPSA) is 87.0 Å². The van der Waals surface area contributed by atoms with Crippen LogP contribution in [0, 0.1) is 11.3 Å². The Kier molecular flexibility index (Phi) is 5.57. The Labute approximate surface area is 138 Å². The van der Waals surface area contributed by atoms with Crippen LogP contribution in [0.4, 0.5) is 5.69 Å². The van der Waals surface area contributed by atoms with Gasteiger partial charge < -0.3 is 5.32 Å². The molecule has 3 aromatic carbocycles. The number of fused-ring (bicyclic) bond motifs is 1. The summed E-state index contributed by atoms with van der Waals surface area (Å²) in [5.74, 6) is -0.156. The summed E-state index contributed by atoms with van der Waals surface area (Å²) in [7, 11) is 0. The number of nitriles is 1. The van der Waals surface area contributed by atoms with Crippen molar-refractivity contribution in [3.8, 4) is 6.07 Å². The number of nitrogens with zero attached hydrogens (tertiary/aromatic N) is 1. The molecule has 0 spiro atoms. The molecule has 3 rings (SSSR count). The molecule has 0 unspecified atom stereocenters. The SMILES string of the molecule is N#Cc1ccc(NC(=O)c2cccc3ccccc23)cc1.O=C=O. The van der Waals surface area contributed by atoms with E-state index in [-0.39, 0.29) is 12.1 Å². The lowest BCUT2D eigenvalue weighted by atomic mass is 10.0. The molecule has 0 saturated heterocycles. The van der Waals surface area contributed by atoms with Gasteiger partial charge in [0.05, 0.1) is 11.6 Å². The fourth-order valence-electron chi connectivity index (χ4n) is 2.25. The molecule has 0 fully saturated rings. The fraction of sp³-hybridized carbons (Fsp3) is 0. The molecular formula is C19H12N2O3. The molecule has 0 atom stereocenters. The van der Waals surface area contributed by atoms with E-state index in [1.807, 2.05) is 36.4 Å². The van der Waals surface area contributed by atoms with Crippen molar-refractivity contribution in [1.82, 2.24) is 0 Å². The molecule has 116 valence electrons. The molecule has 0 radical (unpaired) electrons. The summed E-state index contributed by atoms with van der Waals surface area (Å²) in [6.45, 7) is 0. The number of carbonyl (C=O) groups is 1. The second-order valence-electron chi connectivity index (χ2n) is 4.75. The van der Waals surface area contributed by atoms with Gasteiger partial charge in [-0.25, -0.2) is 0 Å². The maximum atomic E-state index is 12.4. The van der Waals surface area contributed by atoms with Gasteiger partial charge in [-0.05, 0) is 41.1 Å². The first-order chi connectivity index (χ1) is 11.7. The molecule has 0 aliphatic heterocycles. The van der Waals surface area contributed by atoms with Crippen LogP contribution in [0.2, 0.25) is 0 Å². The van der Waals surface area contributed by atoms with Crippen molar-refractivity contribution < 1.29 is 14.4 Å². The van der Waals surface area contributed by atoms with Gasteiger partial charge in [0, 0.05) is 11.3 Å². The zero-order valence-corrected chi connectivity index (χ0v) is 12.5. The molecule has 5 heteroatoms. The first kappa shape index (κ1) is 16.6. The maximum absolute atomic E-state index is 12.4. The van der Waals surface area contributed by atoms with Gasteiger partial charge in [0.25, 0.3) is 5.91 Å². The van der Waals surface area contributed by atoms with Crippen LogP contribution in [0.3, 0.4) is 0 Å². The molecule has 0 aliphatic carbocycles. The fourth-order valence-corrected chi connectivity index (χ4v) is 2.25. The summed E-state index contributed by atoms with van der Waals surface area (Å²) in [5, 5.41) is 13.6. The highest BCUT2D eigenvalue weighted by molar-refractivity contribution is 6.12. The largest absolute Gasteiger partial charge is 0.373 e. The van der Waals surface area contributed by atoms with Crippen LogP contribution < -0.4 is 5.32 Å². The Bertz CT molecular complexity index is 929. The minimum atomic E-state index is -0.156. The highest BCUT2D eigenvalue weighted by Crippen LogP contribution is 2.20. The van der Waals surface area contributed by atoms with Crippen molar-refractivity contribution in [2.45, 2.75) is 0 Å². The third-order valence-electron chi connectivity index (χ3n) is 3.31. The van der Waals surface area contributed by atoms with Crippen molar-refractivity contribution in [3.05, 3.63) is 77.9 Å². The molecule has 0 aromatic heterocycles. The molecule has 1 N–H and O–H groups in total. The second-order valence-corrected chi connectivity index (χ2v) is 4.75. The predicted molar refractivity (Wildman–Crippen MR) is 88.1 cm³/mol. The monoisotopic (exact) mass is 316 g/mol. The summed E-state index contributed by atoms with van der Waals surface area (Å²) < 4.78 is 0. The van der Waals surface area contributed by atoms with Gasteiger partial charge >= 0.3 is 6.15 Å². The molecule has 5 nitrogen and oxygen atoms in total. The van der Waals surface area contributed by atoms with Gasteiger partial charge in [0.2, 0.25) is 0 Å². The van der Waals surface area contributed by atoms with E-state index in [0.29, 0.717) is 16.8 Å². The van der Waals surface area contributed by atoms with Gasteiger partial charge in [0.15, 0.2) is 0 Å². The minimum absolute atomic E-state index is 0.156. The normalized spacial score (nSPS) is 9.12. The quantitative estimate of drug-likeness (QED) is 0.785. The number of carbonyl (C=O) groups excluding carboxylic acids is 3. The van der Waals surface area contributed by atoms with E-state index in [4.69, 9.17) is 14.9 Å². The van der Waals surface area contributed by atoms with Gasteiger partial charge in [-0.2, -0.15) is 14.9 Å². The molecule has 3 aromatic rings. The summed E-state index contributed by atoms with van der Waals surface area (Å²) in [5.41, 5.74) is 1.88. The van der Waals surface area contributed by atoms with E-state index in [2.05, 4.69) is 11.4 Å². The predicted octanol–water partition coefficient (Wildman–Crippen LogP) is 3.38. The Morgan fingerprint density at radius 1 is 0.875 bits per heavy atom. The number of anilines is 1. The molecule has 1 amide bonds. The number of nitrogens with one attached hydrogen (secondary N) is 1. The summed E-state index contributed by atoms with van der Waals surface area (Å²) in [6, 6.07) is 22.3. The smallest absolute Gasteiger partial charge is 0.322 e. The van der Waals surface area contributed by atoms with Crippen LogP contribution in [0.1, 0.15) is 15.9 Å². The van der Waals surface area contributed by atoms with Crippen LogP contribution in [0.15, 0.2) is 66.7 Å². The van der Waals surface area contributed by atoms with E-state index in [0.717, 1.165) is 10.8 Å². The van der Waals surface area contributed by atoms with E-state index < -0.39 is 0 Å². The molecule has 24 heavy (non-hydrogen) atoms. The Balaban J connectivity index is 0.000000647. The zero-order valence-electron chi connectivity index (χ0n) is 12.5. The van der Waals surface area contributed by atoms with E-state index >= 15 is 0 Å². The molecule has 0 bridgehead atoms. The molecule has 0 heterocycles. The third kappa shape index (κ3) is 3.92. The summed E-state index contributed by atoms with van der Waals surface area (Å²) in [4.78, 5) is 28.7. The van der Waals surface area contributed by atoms with Crippen LogP contribution in [0.5, 0.6) is 0 Å². The lowest BCUT2D eigenvalue weighted by molar-refractivity contribution is -0.191. The third-order valence-corrected chi connectivity index (χ3v) is 3.31. The standard InChI is InChI=1S/C18H12N2O.CO2/c19-12-13-8-10-15(11-9-13)20-18(21)17-7-3-5-14-4-1-2-6-16(14)17;2-1-3/h1-11H,(H,20,21);. The molecule has 0 saturated carbocycles. The highest BCUT2D eigenvalue weighted by atomic mass is 16.2. The Morgan fingerprint density at radius 2 is 1.50 bits per heavy atom. The molecule has 0 aliphatic rings. The van der Waals surface area contributed by atoms with Crippen LogP contribution >= 0.6 is 0 Å². The van der Waals surface area contributed by atoms with E-state index in [1.165, 1.54) is 0 Å². The van der Waals surface area contributed by atoms with Crippen LogP contribution in [-0.2, 0) is 9.59 Å².